The molecule has 0 aliphatic heterocycles. The quantitative estimate of drug-likeness (QED) is 0.781. The van der Waals surface area contributed by atoms with Crippen molar-refractivity contribution in [2.24, 2.45) is 0 Å². The molecule has 0 radical (unpaired) electrons. The summed E-state index contributed by atoms with van der Waals surface area (Å²) in [4.78, 5) is 16.2. The fraction of sp³-hybridized carbons (Fsp3) is 0.368. The number of ether oxygens (including phenoxy) is 1. The molecule has 24 heavy (non-hydrogen) atoms. The van der Waals surface area contributed by atoms with Crippen LogP contribution in [0.15, 0.2) is 42.5 Å². The van der Waals surface area contributed by atoms with Gasteiger partial charge in [-0.15, -0.1) is 0 Å². The Morgan fingerprint density at radius 1 is 1.21 bits per heavy atom. The summed E-state index contributed by atoms with van der Waals surface area (Å²) in [6.07, 6.45) is 0.290. The van der Waals surface area contributed by atoms with Gasteiger partial charge in [-0.2, -0.15) is 0 Å². The number of aromatic nitrogens is 1. The van der Waals surface area contributed by atoms with Gasteiger partial charge in [0.2, 0.25) is 5.91 Å². The molecule has 0 bridgehead atoms. The molecule has 128 valence electrons. The summed E-state index contributed by atoms with van der Waals surface area (Å²) in [7, 11) is 0. The summed E-state index contributed by atoms with van der Waals surface area (Å²) >= 11 is 0. The molecule has 0 fully saturated rings. The summed E-state index contributed by atoms with van der Waals surface area (Å²) in [6, 6.07) is 13.4. The first-order valence-electron chi connectivity index (χ1n) is 8.13. The van der Waals surface area contributed by atoms with E-state index < -0.39 is 0 Å². The SMILES string of the molecule is CC(C)c1cccc(COc2ccc(CC(=O)NCCO)cc2)n1. The highest BCUT2D eigenvalue weighted by molar-refractivity contribution is 5.78. The van der Waals surface area contributed by atoms with E-state index in [9.17, 15) is 4.79 Å². The Bertz CT molecular complexity index is 654. The minimum atomic E-state index is -0.104. The van der Waals surface area contributed by atoms with Crippen molar-refractivity contribution in [2.45, 2.75) is 32.8 Å². The van der Waals surface area contributed by atoms with E-state index in [0.717, 1.165) is 22.7 Å². The maximum Gasteiger partial charge on any atom is 0.224 e. The average molecular weight is 328 g/mol. The summed E-state index contributed by atoms with van der Waals surface area (Å²) < 4.78 is 5.76. The summed E-state index contributed by atoms with van der Waals surface area (Å²) in [6.45, 7) is 4.87. The van der Waals surface area contributed by atoms with Crippen LogP contribution in [0, 0.1) is 0 Å². The number of aliphatic hydroxyl groups is 1. The third-order valence-corrected chi connectivity index (χ3v) is 3.53. The van der Waals surface area contributed by atoms with Crippen LogP contribution >= 0.6 is 0 Å². The number of hydrogen-bond acceptors (Lipinski definition) is 4. The topological polar surface area (TPSA) is 71.5 Å². The van der Waals surface area contributed by atoms with Crippen LogP contribution in [-0.4, -0.2) is 29.1 Å². The first-order valence-corrected chi connectivity index (χ1v) is 8.13. The molecule has 1 aromatic heterocycles. The Balaban J connectivity index is 1.87. The highest BCUT2D eigenvalue weighted by Crippen LogP contribution is 2.16. The molecule has 2 rings (SSSR count). The lowest BCUT2D eigenvalue weighted by Gasteiger charge is -2.09. The smallest absolute Gasteiger partial charge is 0.224 e. The second kappa shape index (κ2) is 9.03. The van der Waals surface area contributed by atoms with Gasteiger partial charge in [-0.3, -0.25) is 9.78 Å². The van der Waals surface area contributed by atoms with Crippen LogP contribution in [0.3, 0.4) is 0 Å². The lowest BCUT2D eigenvalue weighted by Crippen LogP contribution is -2.27. The van der Waals surface area contributed by atoms with Gasteiger partial charge >= 0.3 is 0 Å². The molecule has 2 aromatic rings. The van der Waals surface area contributed by atoms with E-state index in [2.05, 4.69) is 24.1 Å². The standard InChI is InChI=1S/C19H24N2O3/c1-14(2)18-5-3-4-16(21-18)13-24-17-8-6-15(7-9-17)12-19(23)20-10-11-22/h3-9,14,22H,10-13H2,1-2H3,(H,20,23). The lowest BCUT2D eigenvalue weighted by atomic mass is 10.1. The van der Waals surface area contributed by atoms with E-state index >= 15 is 0 Å². The van der Waals surface area contributed by atoms with E-state index in [4.69, 9.17) is 9.84 Å². The van der Waals surface area contributed by atoms with Gasteiger partial charge < -0.3 is 15.2 Å². The van der Waals surface area contributed by atoms with Crippen LogP contribution < -0.4 is 10.1 Å². The van der Waals surface area contributed by atoms with E-state index in [-0.39, 0.29) is 25.5 Å². The van der Waals surface area contributed by atoms with Gasteiger partial charge in [0.05, 0.1) is 18.7 Å². The number of nitrogens with zero attached hydrogens (tertiary/aromatic N) is 1. The molecular weight excluding hydrogens is 304 g/mol. The number of carbonyl (C=O) groups excluding carboxylic acids is 1. The molecule has 0 aliphatic rings. The molecule has 0 aliphatic carbocycles. The molecule has 0 spiro atoms. The van der Waals surface area contributed by atoms with E-state index in [1.165, 1.54) is 0 Å². The van der Waals surface area contributed by atoms with Gasteiger partial charge in [0, 0.05) is 12.2 Å². The zero-order valence-electron chi connectivity index (χ0n) is 14.2. The molecule has 0 saturated heterocycles. The molecule has 1 aromatic carbocycles. The average Bonchev–Trinajstić information content (AvgIpc) is 2.59. The van der Waals surface area contributed by atoms with Crippen molar-refractivity contribution in [2.75, 3.05) is 13.2 Å². The van der Waals surface area contributed by atoms with Crippen LogP contribution in [0.25, 0.3) is 0 Å². The van der Waals surface area contributed by atoms with Crippen molar-refractivity contribution in [1.29, 1.82) is 0 Å². The fourth-order valence-corrected chi connectivity index (χ4v) is 2.20. The Hall–Kier alpha value is -2.40. The second-order valence-corrected chi connectivity index (χ2v) is 5.89. The highest BCUT2D eigenvalue weighted by Gasteiger charge is 2.05. The van der Waals surface area contributed by atoms with Crippen molar-refractivity contribution < 1.29 is 14.6 Å². The Labute approximate surface area is 142 Å². The number of benzene rings is 1. The van der Waals surface area contributed by atoms with Crippen molar-refractivity contribution in [3.8, 4) is 5.75 Å². The van der Waals surface area contributed by atoms with Crippen LogP contribution in [0.5, 0.6) is 5.75 Å². The molecule has 1 amide bonds. The second-order valence-electron chi connectivity index (χ2n) is 5.89. The van der Waals surface area contributed by atoms with Crippen LogP contribution in [0.2, 0.25) is 0 Å². The molecule has 0 atom stereocenters. The highest BCUT2D eigenvalue weighted by atomic mass is 16.5. The minimum Gasteiger partial charge on any atom is -0.487 e. The van der Waals surface area contributed by atoms with E-state index in [1.807, 2.05) is 42.5 Å². The first-order chi connectivity index (χ1) is 11.6. The van der Waals surface area contributed by atoms with E-state index in [0.29, 0.717) is 12.5 Å². The Kier molecular flexibility index (Phi) is 6.75. The van der Waals surface area contributed by atoms with Crippen molar-refractivity contribution in [1.82, 2.24) is 10.3 Å². The van der Waals surface area contributed by atoms with Gasteiger partial charge in [-0.25, -0.2) is 0 Å². The normalized spacial score (nSPS) is 10.7. The van der Waals surface area contributed by atoms with Gasteiger partial charge in [0.15, 0.2) is 0 Å². The van der Waals surface area contributed by atoms with E-state index in [1.54, 1.807) is 0 Å². The molecule has 5 heteroatoms. The number of carbonyl (C=O) groups is 1. The molecule has 2 N–H and O–H groups in total. The maximum absolute atomic E-state index is 11.6. The molecule has 0 saturated carbocycles. The van der Waals surface area contributed by atoms with Crippen LogP contribution in [-0.2, 0) is 17.8 Å². The predicted molar refractivity (Wildman–Crippen MR) is 92.9 cm³/mol. The summed E-state index contributed by atoms with van der Waals surface area (Å²) in [5.41, 5.74) is 2.85. The van der Waals surface area contributed by atoms with Crippen molar-refractivity contribution in [3.63, 3.8) is 0 Å². The predicted octanol–water partition coefficient (Wildman–Crippen LogP) is 2.44. The third-order valence-electron chi connectivity index (χ3n) is 3.53. The zero-order valence-corrected chi connectivity index (χ0v) is 14.2. The number of nitrogens with one attached hydrogen (secondary N) is 1. The summed E-state index contributed by atoms with van der Waals surface area (Å²) in [5, 5.41) is 11.3. The monoisotopic (exact) mass is 328 g/mol. The molecular formula is C19H24N2O3. The number of hydrogen-bond donors (Lipinski definition) is 2. The maximum atomic E-state index is 11.6. The number of aliphatic hydroxyl groups excluding tert-OH is 1. The largest absolute Gasteiger partial charge is 0.487 e. The Morgan fingerprint density at radius 3 is 2.62 bits per heavy atom. The first kappa shape index (κ1) is 17.9. The summed E-state index contributed by atoms with van der Waals surface area (Å²) in [5.74, 6) is 1.03. The Morgan fingerprint density at radius 2 is 1.96 bits per heavy atom. The third kappa shape index (κ3) is 5.66. The van der Waals surface area contributed by atoms with Gasteiger partial charge in [-0.05, 0) is 35.7 Å². The van der Waals surface area contributed by atoms with Gasteiger partial charge in [0.25, 0.3) is 0 Å². The van der Waals surface area contributed by atoms with Gasteiger partial charge in [-0.1, -0.05) is 32.0 Å². The lowest BCUT2D eigenvalue weighted by molar-refractivity contribution is -0.120. The molecule has 5 nitrogen and oxygen atoms in total. The van der Waals surface area contributed by atoms with Crippen molar-refractivity contribution in [3.05, 3.63) is 59.4 Å². The molecule has 1 heterocycles. The molecule has 0 unspecified atom stereocenters. The fourth-order valence-electron chi connectivity index (χ4n) is 2.20. The number of pyridine rings is 1. The minimum absolute atomic E-state index is 0.0510. The zero-order chi connectivity index (χ0) is 17.4. The van der Waals surface area contributed by atoms with Gasteiger partial charge in [0.1, 0.15) is 12.4 Å². The number of amides is 1. The van der Waals surface area contributed by atoms with Crippen LogP contribution in [0.4, 0.5) is 0 Å². The number of rotatable bonds is 8. The van der Waals surface area contributed by atoms with Crippen LogP contribution in [0.1, 0.15) is 36.7 Å². The van der Waals surface area contributed by atoms with Crippen molar-refractivity contribution >= 4 is 5.91 Å².